The number of imidazole rings is 1. The van der Waals surface area contributed by atoms with E-state index in [0.717, 1.165) is 22.5 Å². The Morgan fingerprint density at radius 3 is 2.22 bits per heavy atom. The number of nitrogens with zero attached hydrogens (tertiary/aromatic N) is 2. The number of likely N-dealkylation sites (N-methyl/N-ethyl adjacent to an activating group) is 1. The zero-order valence-corrected chi connectivity index (χ0v) is 15.6. The van der Waals surface area contributed by atoms with Crippen LogP contribution in [0.3, 0.4) is 0 Å². The molecule has 1 amide bonds. The molecule has 0 aliphatic carbocycles. The first kappa shape index (κ1) is 18.7. The van der Waals surface area contributed by atoms with Crippen molar-refractivity contribution < 1.29 is 14.7 Å². The molecule has 3 aromatic rings. The highest BCUT2D eigenvalue weighted by atomic mass is 32.2. The predicted molar refractivity (Wildman–Crippen MR) is 105 cm³/mol. The lowest BCUT2D eigenvalue weighted by atomic mass is 10.1. The number of hydrogen-bond acceptors (Lipinski definition) is 4. The summed E-state index contributed by atoms with van der Waals surface area (Å²) in [7, 11) is 1.48. The second-order valence-corrected chi connectivity index (χ2v) is 6.89. The largest absolute Gasteiger partial charge is 0.480 e. The summed E-state index contributed by atoms with van der Waals surface area (Å²) in [6.07, 6.45) is 0. The number of rotatable bonds is 7. The average Bonchev–Trinajstić information content (AvgIpc) is 3.11. The van der Waals surface area contributed by atoms with Crippen LogP contribution in [0.5, 0.6) is 0 Å². The van der Waals surface area contributed by atoms with Crippen LogP contribution in [0, 0.1) is 0 Å². The molecular weight excluding hydrogens is 362 g/mol. The third-order valence-electron chi connectivity index (χ3n) is 3.92. The van der Waals surface area contributed by atoms with E-state index in [9.17, 15) is 9.59 Å². The first-order valence-electron chi connectivity index (χ1n) is 8.34. The lowest BCUT2D eigenvalue weighted by Crippen LogP contribution is -2.33. The van der Waals surface area contributed by atoms with Crippen molar-refractivity contribution in [3.05, 3.63) is 60.7 Å². The minimum Gasteiger partial charge on any atom is -0.480 e. The molecule has 0 unspecified atom stereocenters. The van der Waals surface area contributed by atoms with E-state index in [4.69, 9.17) is 5.11 Å². The summed E-state index contributed by atoms with van der Waals surface area (Å²) in [5.41, 5.74) is 3.69. The Labute approximate surface area is 161 Å². The summed E-state index contributed by atoms with van der Waals surface area (Å²) in [5, 5.41) is 9.41. The van der Waals surface area contributed by atoms with Gasteiger partial charge in [0, 0.05) is 18.2 Å². The smallest absolute Gasteiger partial charge is 0.323 e. The Bertz CT molecular complexity index is 869. The number of carbonyl (C=O) groups excluding carboxylic acids is 1. The van der Waals surface area contributed by atoms with Crippen molar-refractivity contribution in [3.8, 4) is 22.5 Å². The van der Waals surface area contributed by atoms with E-state index >= 15 is 0 Å². The van der Waals surface area contributed by atoms with Gasteiger partial charge in [-0.1, -0.05) is 72.4 Å². The van der Waals surface area contributed by atoms with Gasteiger partial charge in [-0.25, -0.2) is 4.98 Å². The topological polar surface area (TPSA) is 86.3 Å². The maximum atomic E-state index is 12.1. The van der Waals surface area contributed by atoms with E-state index < -0.39 is 5.97 Å². The highest BCUT2D eigenvalue weighted by molar-refractivity contribution is 7.99. The fourth-order valence-electron chi connectivity index (χ4n) is 2.57. The third kappa shape index (κ3) is 4.77. The molecule has 0 atom stereocenters. The van der Waals surface area contributed by atoms with E-state index in [1.807, 2.05) is 60.7 Å². The van der Waals surface area contributed by atoms with Gasteiger partial charge in [-0.15, -0.1) is 0 Å². The zero-order chi connectivity index (χ0) is 19.2. The Morgan fingerprint density at radius 1 is 1.04 bits per heavy atom. The molecule has 0 saturated carbocycles. The summed E-state index contributed by atoms with van der Waals surface area (Å²) in [6, 6.07) is 19.7. The Hall–Kier alpha value is -3.06. The second kappa shape index (κ2) is 8.55. The maximum absolute atomic E-state index is 12.1. The summed E-state index contributed by atoms with van der Waals surface area (Å²) in [5.74, 6) is -1.19. The zero-order valence-electron chi connectivity index (χ0n) is 14.8. The summed E-state index contributed by atoms with van der Waals surface area (Å²) >= 11 is 1.26. The molecule has 2 N–H and O–H groups in total. The first-order valence-corrected chi connectivity index (χ1v) is 9.32. The number of H-pyrrole nitrogens is 1. The minimum atomic E-state index is -1.04. The van der Waals surface area contributed by atoms with Crippen molar-refractivity contribution in [1.82, 2.24) is 14.9 Å². The van der Waals surface area contributed by atoms with Crippen LogP contribution in [0.4, 0.5) is 0 Å². The molecule has 0 aliphatic rings. The molecule has 0 saturated heterocycles. The first-order chi connectivity index (χ1) is 13.0. The molecular formula is C20H19N3O3S. The van der Waals surface area contributed by atoms with Crippen molar-refractivity contribution in [1.29, 1.82) is 0 Å². The minimum absolute atomic E-state index is 0.111. The average molecular weight is 381 g/mol. The molecule has 27 heavy (non-hydrogen) atoms. The molecule has 0 radical (unpaired) electrons. The van der Waals surface area contributed by atoms with E-state index in [0.29, 0.717) is 5.16 Å². The summed E-state index contributed by atoms with van der Waals surface area (Å²) in [6.45, 7) is -0.317. The van der Waals surface area contributed by atoms with Crippen LogP contribution in [0.2, 0.25) is 0 Å². The monoisotopic (exact) mass is 381 g/mol. The summed E-state index contributed by atoms with van der Waals surface area (Å²) < 4.78 is 0. The normalized spacial score (nSPS) is 10.6. The highest BCUT2D eigenvalue weighted by Gasteiger charge is 2.17. The number of aliphatic carboxylic acids is 1. The lowest BCUT2D eigenvalue weighted by Gasteiger charge is -2.13. The van der Waals surface area contributed by atoms with Crippen LogP contribution in [0.25, 0.3) is 22.5 Å². The third-order valence-corrected chi connectivity index (χ3v) is 4.78. The van der Waals surface area contributed by atoms with Gasteiger partial charge in [-0.2, -0.15) is 0 Å². The van der Waals surface area contributed by atoms with Gasteiger partial charge >= 0.3 is 5.97 Å². The number of carboxylic acid groups (broad SMARTS) is 1. The molecule has 0 bridgehead atoms. The maximum Gasteiger partial charge on any atom is 0.323 e. The second-order valence-electron chi connectivity index (χ2n) is 5.93. The van der Waals surface area contributed by atoms with Gasteiger partial charge in [0.1, 0.15) is 6.54 Å². The van der Waals surface area contributed by atoms with Crippen molar-refractivity contribution in [2.45, 2.75) is 5.16 Å². The molecule has 0 spiro atoms. The van der Waals surface area contributed by atoms with Crippen LogP contribution in [-0.2, 0) is 9.59 Å². The van der Waals surface area contributed by atoms with E-state index in [-0.39, 0.29) is 18.2 Å². The van der Waals surface area contributed by atoms with Crippen LogP contribution in [0.1, 0.15) is 0 Å². The van der Waals surface area contributed by atoms with Crippen LogP contribution in [-0.4, -0.2) is 51.2 Å². The fraction of sp³-hybridized carbons (Fsp3) is 0.150. The number of aromatic nitrogens is 2. The van der Waals surface area contributed by atoms with Gasteiger partial charge < -0.3 is 15.0 Å². The highest BCUT2D eigenvalue weighted by Crippen LogP contribution is 2.32. The molecule has 0 aliphatic heterocycles. The SMILES string of the molecule is CN(CC(=O)O)C(=O)CSc1nc(-c2ccccc2)c(-c2ccccc2)[nH]1. The van der Waals surface area contributed by atoms with Crippen molar-refractivity contribution in [3.63, 3.8) is 0 Å². The van der Waals surface area contributed by atoms with Crippen LogP contribution in [0.15, 0.2) is 65.8 Å². The van der Waals surface area contributed by atoms with Gasteiger partial charge in [0.25, 0.3) is 0 Å². The molecule has 3 rings (SSSR count). The Morgan fingerprint density at radius 2 is 1.63 bits per heavy atom. The van der Waals surface area contributed by atoms with E-state index in [1.54, 1.807) is 0 Å². The number of amides is 1. The van der Waals surface area contributed by atoms with Gasteiger partial charge in [0.15, 0.2) is 5.16 Å². The number of carboxylic acids is 1. The number of aromatic amines is 1. The lowest BCUT2D eigenvalue weighted by molar-refractivity contribution is -0.142. The fourth-order valence-corrected chi connectivity index (χ4v) is 3.38. The predicted octanol–water partition coefficient (Wildman–Crippen LogP) is 3.38. The van der Waals surface area contributed by atoms with Crippen molar-refractivity contribution in [2.24, 2.45) is 0 Å². The number of benzene rings is 2. The standard InChI is InChI=1S/C20H19N3O3S/c1-23(12-17(25)26)16(24)13-27-20-21-18(14-8-4-2-5-9-14)19(22-20)15-10-6-3-7-11-15/h2-11H,12-13H2,1H3,(H,21,22)(H,25,26). The van der Waals surface area contributed by atoms with Gasteiger partial charge in [0.05, 0.1) is 17.1 Å². The molecule has 138 valence electrons. The van der Waals surface area contributed by atoms with Gasteiger partial charge in [-0.05, 0) is 0 Å². The summed E-state index contributed by atoms with van der Waals surface area (Å²) in [4.78, 5) is 32.0. The molecule has 0 fully saturated rings. The van der Waals surface area contributed by atoms with Gasteiger partial charge in [-0.3, -0.25) is 9.59 Å². The number of thioether (sulfide) groups is 1. The number of hydrogen-bond donors (Lipinski definition) is 2. The number of carbonyl (C=O) groups is 2. The molecule has 7 heteroatoms. The van der Waals surface area contributed by atoms with Crippen molar-refractivity contribution >= 4 is 23.6 Å². The quantitative estimate of drug-likeness (QED) is 0.613. The van der Waals surface area contributed by atoms with Crippen LogP contribution >= 0.6 is 11.8 Å². The molecule has 6 nitrogen and oxygen atoms in total. The van der Waals surface area contributed by atoms with E-state index in [2.05, 4.69) is 9.97 Å². The molecule has 2 aromatic carbocycles. The molecule has 1 aromatic heterocycles. The van der Waals surface area contributed by atoms with E-state index in [1.165, 1.54) is 23.7 Å². The van der Waals surface area contributed by atoms with Crippen LogP contribution < -0.4 is 0 Å². The Kier molecular flexibility index (Phi) is 5.93. The Balaban J connectivity index is 1.84. The van der Waals surface area contributed by atoms with Crippen molar-refractivity contribution in [2.75, 3.05) is 19.3 Å². The molecule has 1 heterocycles. The van der Waals surface area contributed by atoms with Gasteiger partial charge in [0.2, 0.25) is 5.91 Å². The number of nitrogens with one attached hydrogen (secondary N) is 1.